The standard InChI is InChI=1S/C13H22N2O/c1-3-15(4-2)13(8-6-5-7-9-13)12-14-10-11-16-12/h10-11H,3-9H2,1-2H3. The van der Waals surface area contributed by atoms with Crippen LogP contribution in [0.4, 0.5) is 0 Å². The molecule has 2 rings (SSSR count). The molecule has 1 aromatic heterocycles. The van der Waals surface area contributed by atoms with Crippen LogP contribution in [0, 0.1) is 0 Å². The third kappa shape index (κ3) is 1.88. The molecular weight excluding hydrogens is 200 g/mol. The monoisotopic (exact) mass is 222 g/mol. The van der Waals surface area contributed by atoms with E-state index < -0.39 is 0 Å². The molecule has 90 valence electrons. The Morgan fingerprint density at radius 2 is 1.94 bits per heavy atom. The Balaban J connectivity index is 2.31. The molecule has 1 fully saturated rings. The zero-order valence-electron chi connectivity index (χ0n) is 10.4. The molecule has 1 aliphatic rings. The summed E-state index contributed by atoms with van der Waals surface area (Å²) in [4.78, 5) is 6.93. The second-order valence-electron chi connectivity index (χ2n) is 4.60. The summed E-state index contributed by atoms with van der Waals surface area (Å²) in [6, 6.07) is 0. The van der Waals surface area contributed by atoms with Crippen molar-refractivity contribution in [2.45, 2.75) is 51.5 Å². The average Bonchev–Trinajstić information content (AvgIpc) is 2.86. The molecule has 1 saturated carbocycles. The molecule has 16 heavy (non-hydrogen) atoms. The second-order valence-corrected chi connectivity index (χ2v) is 4.60. The summed E-state index contributed by atoms with van der Waals surface area (Å²) in [6.45, 7) is 6.59. The van der Waals surface area contributed by atoms with E-state index in [-0.39, 0.29) is 5.54 Å². The van der Waals surface area contributed by atoms with Crippen LogP contribution >= 0.6 is 0 Å². The van der Waals surface area contributed by atoms with Crippen LogP contribution in [-0.2, 0) is 5.54 Å². The predicted molar refractivity (Wildman–Crippen MR) is 64.2 cm³/mol. The minimum absolute atomic E-state index is 0.0747. The zero-order valence-corrected chi connectivity index (χ0v) is 10.4. The van der Waals surface area contributed by atoms with E-state index >= 15 is 0 Å². The van der Waals surface area contributed by atoms with Gasteiger partial charge in [-0.25, -0.2) is 4.98 Å². The third-order valence-electron chi connectivity index (χ3n) is 3.88. The van der Waals surface area contributed by atoms with E-state index in [1.165, 1.54) is 32.1 Å². The Hall–Kier alpha value is -0.830. The highest BCUT2D eigenvalue weighted by atomic mass is 16.3. The number of oxazole rings is 1. The third-order valence-corrected chi connectivity index (χ3v) is 3.88. The fourth-order valence-electron chi connectivity index (χ4n) is 3.08. The Labute approximate surface area is 97.8 Å². The maximum Gasteiger partial charge on any atom is 0.214 e. The first-order chi connectivity index (χ1) is 7.83. The van der Waals surface area contributed by atoms with Crippen molar-refractivity contribution < 1.29 is 4.42 Å². The van der Waals surface area contributed by atoms with Crippen molar-refractivity contribution in [3.8, 4) is 0 Å². The lowest BCUT2D eigenvalue weighted by Gasteiger charge is -2.43. The molecule has 3 heteroatoms. The highest BCUT2D eigenvalue weighted by Gasteiger charge is 2.41. The molecule has 0 aromatic carbocycles. The summed E-state index contributed by atoms with van der Waals surface area (Å²) in [7, 11) is 0. The average molecular weight is 222 g/mol. The van der Waals surface area contributed by atoms with Gasteiger partial charge in [0.1, 0.15) is 6.26 Å². The number of nitrogens with zero attached hydrogens (tertiary/aromatic N) is 2. The van der Waals surface area contributed by atoms with Gasteiger partial charge >= 0.3 is 0 Å². The number of rotatable bonds is 4. The molecule has 0 amide bonds. The highest BCUT2D eigenvalue weighted by molar-refractivity contribution is 5.05. The Morgan fingerprint density at radius 1 is 1.25 bits per heavy atom. The van der Waals surface area contributed by atoms with Crippen molar-refractivity contribution >= 4 is 0 Å². The lowest BCUT2D eigenvalue weighted by atomic mass is 9.80. The molecule has 1 heterocycles. The summed E-state index contributed by atoms with van der Waals surface area (Å²) < 4.78 is 5.61. The molecule has 0 atom stereocenters. The highest BCUT2D eigenvalue weighted by Crippen LogP contribution is 2.41. The molecule has 0 N–H and O–H groups in total. The van der Waals surface area contributed by atoms with Crippen molar-refractivity contribution in [2.75, 3.05) is 13.1 Å². The van der Waals surface area contributed by atoms with Gasteiger partial charge in [0.15, 0.2) is 0 Å². The smallest absolute Gasteiger partial charge is 0.214 e. The first-order valence-electron chi connectivity index (χ1n) is 6.48. The summed E-state index contributed by atoms with van der Waals surface area (Å²) in [5.74, 6) is 0.927. The Morgan fingerprint density at radius 3 is 2.44 bits per heavy atom. The molecule has 0 saturated heterocycles. The maximum atomic E-state index is 5.61. The van der Waals surface area contributed by atoms with Gasteiger partial charge in [-0.05, 0) is 25.9 Å². The minimum Gasteiger partial charge on any atom is -0.447 e. The molecule has 1 aliphatic carbocycles. The molecule has 3 nitrogen and oxygen atoms in total. The SMILES string of the molecule is CCN(CC)C1(c2ncco2)CCCCC1. The summed E-state index contributed by atoms with van der Waals surface area (Å²) in [5.41, 5.74) is 0.0747. The van der Waals surface area contributed by atoms with Crippen LogP contribution in [0.15, 0.2) is 16.9 Å². The van der Waals surface area contributed by atoms with Crippen molar-refractivity contribution in [1.82, 2.24) is 9.88 Å². The van der Waals surface area contributed by atoms with Gasteiger partial charge in [-0.15, -0.1) is 0 Å². The van der Waals surface area contributed by atoms with Gasteiger partial charge in [-0.1, -0.05) is 33.1 Å². The van der Waals surface area contributed by atoms with Gasteiger partial charge < -0.3 is 4.42 Å². The fourth-order valence-corrected chi connectivity index (χ4v) is 3.08. The van der Waals surface area contributed by atoms with E-state index in [0.29, 0.717) is 0 Å². The molecule has 0 bridgehead atoms. The van der Waals surface area contributed by atoms with Gasteiger partial charge in [-0.3, -0.25) is 4.90 Å². The molecule has 0 aliphatic heterocycles. The van der Waals surface area contributed by atoms with Crippen LogP contribution in [0.2, 0.25) is 0 Å². The lowest BCUT2D eigenvalue weighted by molar-refractivity contribution is 0.0317. The van der Waals surface area contributed by atoms with Gasteiger partial charge in [0.05, 0.1) is 11.7 Å². The van der Waals surface area contributed by atoms with E-state index in [0.717, 1.165) is 19.0 Å². The second kappa shape index (κ2) is 5.00. The van der Waals surface area contributed by atoms with Gasteiger partial charge in [-0.2, -0.15) is 0 Å². The summed E-state index contributed by atoms with van der Waals surface area (Å²) in [6.07, 6.45) is 9.79. The van der Waals surface area contributed by atoms with Gasteiger partial charge in [0.25, 0.3) is 0 Å². The number of aromatic nitrogens is 1. The normalized spacial score (nSPS) is 20.2. The van der Waals surface area contributed by atoms with Gasteiger partial charge in [0.2, 0.25) is 5.89 Å². The van der Waals surface area contributed by atoms with Crippen LogP contribution in [0.5, 0.6) is 0 Å². The zero-order chi connectivity index (χ0) is 11.4. The first kappa shape index (κ1) is 11.6. The molecule has 0 unspecified atom stereocenters. The fraction of sp³-hybridized carbons (Fsp3) is 0.769. The van der Waals surface area contributed by atoms with E-state index in [4.69, 9.17) is 4.42 Å². The predicted octanol–water partition coefficient (Wildman–Crippen LogP) is 3.18. The summed E-state index contributed by atoms with van der Waals surface area (Å²) in [5, 5.41) is 0. The van der Waals surface area contributed by atoms with E-state index in [2.05, 4.69) is 23.7 Å². The van der Waals surface area contributed by atoms with Crippen molar-refractivity contribution in [3.63, 3.8) is 0 Å². The topological polar surface area (TPSA) is 29.3 Å². The first-order valence-corrected chi connectivity index (χ1v) is 6.48. The largest absolute Gasteiger partial charge is 0.447 e. The Bertz CT molecular complexity index is 298. The molecular formula is C13H22N2O. The van der Waals surface area contributed by atoms with E-state index in [1.807, 2.05) is 0 Å². The number of hydrogen-bond donors (Lipinski definition) is 0. The van der Waals surface area contributed by atoms with Crippen molar-refractivity contribution in [3.05, 3.63) is 18.4 Å². The van der Waals surface area contributed by atoms with Crippen molar-refractivity contribution in [2.24, 2.45) is 0 Å². The van der Waals surface area contributed by atoms with Crippen LogP contribution in [-0.4, -0.2) is 23.0 Å². The van der Waals surface area contributed by atoms with Crippen LogP contribution < -0.4 is 0 Å². The molecule has 0 spiro atoms. The van der Waals surface area contributed by atoms with Crippen LogP contribution in [0.1, 0.15) is 51.8 Å². The summed E-state index contributed by atoms with van der Waals surface area (Å²) >= 11 is 0. The maximum absolute atomic E-state index is 5.61. The number of hydrogen-bond acceptors (Lipinski definition) is 3. The Kier molecular flexibility index (Phi) is 3.64. The minimum atomic E-state index is 0.0747. The van der Waals surface area contributed by atoms with Gasteiger partial charge in [0, 0.05) is 0 Å². The van der Waals surface area contributed by atoms with Crippen LogP contribution in [0.25, 0.3) is 0 Å². The van der Waals surface area contributed by atoms with Crippen LogP contribution in [0.3, 0.4) is 0 Å². The van der Waals surface area contributed by atoms with Crippen molar-refractivity contribution in [1.29, 1.82) is 0 Å². The lowest BCUT2D eigenvalue weighted by Crippen LogP contribution is -2.47. The quantitative estimate of drug-likeness (QED) is 0.783. The van der Waals surface area contributed by atoms with E-state index in [1.54, 1.807) is 12.5 Å². The molecule has 0 radical (unpaired) electrons. The molecule has 1 aromatic rings. The van der Waals surface area contributed by atoms with E-state index in [9.17, 15) is 0 Å².